The number of halogens is 1. The Balaban J connectivity index is 1.73. The molecule has 0 heterocycles. The first-order valence-corrected chi connectivity index (χ1v) is 8.23. The summed E-state index contributed by atoms with van der Waals surface area (Å²) in [6.07, 6.45) is 1.42. The molecule has 0 N–H and O–H groups in total. The van der Waals surface area contributed by atoms with Crippen molar-refractivity contribution in [1.82, 2.24) is 0 Å². The van der Waals surface area contributed by atoms with Crippen LogP contribution >= 0.6 is 11.6 Å². The Bertz CT molecular complexity index is 868. The lowest BCUT2D eigenvalue weighted by Gasteiger charge is -2.10. The minimum Gasteiger partial charge on any atom is -0.303 e. The van der Waals surface area contributed by atoms with Gasteiger partial charge in [-0.15, -0.1) is 0 Å². The first-order valence-electron chi connectivity index (χ1n) is 7.86. The van der Waals surface area contributed by atoms with Crippen molar-refractivity contribution >= 4 is 34.4 Å². The van der Waals surface area contributed by atoms with Crippen LogP contribution in [0.4, 0.5) is 0 Å². The molecule has 24 heavy (non-hydrogen) atoms. The Hall–Kier alpha value is -2.45. The zero-order valence-electron chi connectivity index (χ0n) is 13.1. The quantitative estimate of drug-likeness (QED) is 0.484. The predicted molar refractivity (Wildman–Crippen MR) is 97.4 cm³/mol. The first kappa shape index (κ1) is 16.4. The maximum atomic E-state index is 12.5. The summed E-state index contributed by atoms with van der Waals surface area (Å²) in [5.41, 5.74) is 1.87. The van der Waals surface area contributed by atoms with Crippen LogP contribution in [0.15, 0.2) is 66.7 Å². The van der Waals surface area contributed by atoms with E-state index in [1.165, 1.54) is 0 Å². The van der Waals surface area contributed by atoms with E-state index in [-0.39, 0.29) is 12.2 Å². The normalized spacial score (nSPS) is 12.0. The van der Waals surface area contributed by atoms with E-state index < -0.39 is 5.92 Å². The number of carbonyl (C=O) groups is 2. The van der Waals surface area contributed by atoms with Crippen LogP contribution in [0, 0.1) is 5.92 Å². The van der Waals surface area contributed by atoms with Gasteiger partial charge in [0.05, 0.1) is 5.92 Å². The predicted octanol–water partition coefficient (Wildman–Crippen LogP) is 4.66. The molecule has 1 unspecified atom stereocenters. The van der Waals surface area contributed by atoms with E-state index in [9.17, 15) is 9.59 Å². The van der Waals surface area contributed by atoms with Gasteiger partial charge < -0.3 is 4.79 Å². The molecule has 3 heteroatoms. The van der Waals surface area contributed by atoms with E-state index in [1.807, 2.05) is 54.6 Å². The third-order valence-electron chi connectivity index (χ3n) is 4.14. The highest BCUT2D eigenvalue weighted by atomic mass is 35.5. The fraction of sp³-hybridized carbons (Fsp3) is 0.143. The van der Waals surface area contributed by atoms with Gasteiger partial charge in [0.15, 0.2) is 0 Å². The number of carbonyl (C=O) groups excluding carboxylic acids is 2. The van der Waals surface area contributed by atoms with E-state index in [0.29, 0.717) is 11.4 Å². The van der Waals surface area contributed by atoms with Crippen LogP contribution in [-0.4, -0.2) is 12.1 Å². The van der Waals surface area contributed by atoms with Gasteiger partial charge in [-0.3, -0.25) is 4.79 Å². The summed E-state index contributed by atoms with van der Waals surface area (Å²) in [6.45, 7) is 0. The van der Waals surface area contributed by atoms with Gasteiger partial charge in [0.2, 0.25) is 0 Å². The Morgan fingerprint density at radius 3 is 2.29 bits per heavy atom. The highest BCUT2D eigenvalue weighted by Gasteiger charge is 2.18. The summed E-state index contributed by atoms with van der Waals surface area (Å²) >= 11 is 5.86. The Labute approximate surface area is 146 Å². The monoisotopic (exact) mass is 336 g/mol. The van der Waals surface area contributed by atoms with Gasteiger partial charge >= 0.3 is 0 Å². The lowest BCUT2D eigenvalue weighted by molar-refractivity contribution is -0.126. The minimum atomic E-state index is -0.627. The molecule has 2 nitrogen and oxygen atoms in total. The van der Waals surface area contributed by atoms with Gasteiger partial charge in [-0.1, -0.05) is 66.2 Å². The molecule has 0 saturated carbocycles. The van der Waals surface area contributed by atoms with Gasteiger partial charge in [0.1, 0.15) is 12.1 Å². The van der Waals surface area contributed by atoms with Gasteiger partial charge in [0, 0.05) is 11.4 Å². The molecule has 3 aromatic carbocycles. The van der Waals surface area contributed by atoms with Crippen LogP contribution in [-0.2, 0) is 22.4 Å². The molecule has 0 fully saturated rings. The molecule has 3 rings (SSSR count). The number of hydrogen-bond acceptors (Lipinski definition) is 2. The second kappa shape index (κ2) is 7.41. The molecule has 0 bridgehead atoms. The molecular formula is C21H17ClO2. The number of Topliss-reactive ketones (excluding diaryl/α,β-unsaturated/α-hetero) is 1. The Morgan fingerprint density at radius 2 is 1.58 bits per heavy atom. The number of benzene rings is 3. The van der Waals surface area contributed by atoms with Gasteiger partial charge in [0.25, 0.3) is 0 Å². The van der Waals surface area contributed by atoms with Crippen molar-refractivity contribution in [1.29, 1.82) is 0 Å². The lowest BCUT2D eigenvalue weighted by atomic mass is 9.92. The van der Waals surface area contributed by atoms with Crippen LogP contribution in [0.2, 0.25) is 5.02 Å². The summed E-state index contributed by atoms with van der Waals surface area (Å²) < 4.78 is 0. The zero-order valence-corrected chi connectivity index (χ0v) is 13.9. The summed E-state index contributed by atoms with van der Waals surface area (Å²) in [4.78, 5) is 23.9. The highest BCUT2D eigenvalue weighted by molar-refractivity contribution is 6.30. The van der Waals surface area contributed by atoms with Crippen molar-refractivity contribution in [2.45, 2.75) is 12.8 Å². The van der Waals surface area contributed by atoms with Crippen molar-refractivity contribution < 1.29 is 9.59 Å². The number of ketones is 1. The van der Waals surface area contributed by atoms with E-state index in [0.717, 1.165) is 28.2 Å². The van der Waals surface area contributed by atoms with Crippen LogP contribution < -0.4 is 0 Å². The van der Waals surface area contributed by atoms with Crippen molar-refractivity contribution in [2.24, 2.45) is 5.92 Å². The van der Waals surface area contributed by atoms with E-state index >= 15 is 0 Å². The fourth-order valence-electron chi connectivity index (χ4n) is 2.79. The largest absolute Gasteiger partial charge is 0.303 e. The van der Waals surface area contributed by atoms with Crippen molar-refractivity contribution in [3.63, 3.8) is 0 Å². The SMILES string of the molecule is O=CC(Cc1ccc(Cl)cc1)C(=O)Cc1ccc2ccccc2c1. The molecule has 0 spiro atoms. The topological polar surface area (TPSA) is 34.1 Å². The second-order valence-electron chi connectivity index (χ2n) is 5.90. The van der Waals surface area contributed by atoms with Gasteiger partial charge in [-0.2, -0.15) is 0 Å². The summed E-state index contributed by atoms with van der Waals surface area (Å²) in [7, 11) is 0. The number of fused-ring (bicyclic) bond motifs is 1. The van der Waals surface area contributed by atoms with Gasteiger partial charge in [-0.25, -0.2) is 0 Å². The molecule has 0 saturated heterocycles. The third kappa shape index (κ3) is 3.90. The highest BCUT2D eigenvalue weighted by Crippen LogP contribution is 2.18. The Kier molecular flexibility index (Phi) is 5.07. The molecule has 120 valence electrons. The molecule has 3 aromatic rings. The molecule has 0 aromatic heterocycles. The van der Waals surface area contributed by atoms with Crippen molar-refractivity contribution in [3.05, 3.63) is 82.9 Å². The number of rotatable bonds is 6. The summed E-state index contributed by atoms with van der Waals surface area (Å²) in [6, 6.07) is 21.2. The molecule has 0 aliphatic heterocycles. The van der Waals surface area contributed by atoms with Crippen molar-refractivity contribution in [3.8, 4) is 0 Å². The van der Waals surface area contributed by atoms with Crippen molar-refractivity contribution in [2.75, 3.05) is 0 Å². The van der Waals surface area contributed by atoms with Gasteiger partial charge in [-0.05, 0) is 40.5 Å². The average molecular weight is 337 g/mol. The van der Waals surface area contributed by atoms with Crippen LogP contribution in [0.5, 0.6) is 0 Å². The average Bonchev–Trinajstić information content (AvgIpc) is 2.61. The molecule has 0 aliphatic rings. The zero-order chi connectivity index (χ0) is 16.9. The molecule has 0 amide bonds. The van der Waals surface area contributed by atoms with E-state index in [2.05, 4.69) is 0 Å². The number of aldehydes is 1. The minimum absolute atomic E-state index is 0.0600. The third-order valence-corrected chi connectivity index (χ3v) is 4.39. The smallest absolute Gasteiger partial charge is 0.147 e. The second-order valence-corrected chi connectivity index (χ2v) is 6.33. The molecule has 0 aliphatic carbocycles. The maximum Gasteiger partial charge on any atom is 0.147 e. The fourth-order valence-corrected chi connectivity index (χ4v) is 2.92. The van der Waals surface area contributed by atoms with Crippen LogP contribution in [0.25, 0.3) is 10.8 Å². The summed E-state index contributed by atoms with van der Waals surface area (Å²) in [5, 5.41) is 2.88. The van der Waals surface area contributed by atoms with Crippen LogP contribution in [0.1, 0.15) is 11.1 Å². The molecular weight excluding hydrogens is 320 g/mol. The molecule has 0 radical (unpaired) electrons. The lowest BCUT2D eigenvalue weighted by Crippen LogP contribution is -2.20. The van der Waals surface area contributed by atoms with Crippen LogP contribution in [0.3, 0.4) is 0 Å². The Morgan fingerprint density at radius 1 is 0.917 bits per heavy atom. The standard InChI is InChI=1S/C21H17ClO2/c22-20-9-6-15(7-10-20)11-19(14-23)21(24)13-16-5-8-17-3-1-2-4-18(17)12-16/h1-10,12,14,19H,11,13H2. The molecule has 1 atom stereocenters. The number of hydrogen-bond donors (Lipinski definition) is 0. The first-order chi connectivity index (χ1) is 11.7. The summed E-state index contributed by atoms with van der Waals surface area (Å²) in [5.74, 6) is -0.687. The van der Waals surface area contributed by atoms with E-state index in [4.69, 9.17) is 11.6 Å². The maximum absolute atomic E-state index is 12.5. The van der Waals surface area contributed by atoms with E-state index in [1.54, 1.807) is 12.1 Å².